The van der Waals surface area contributed by atoms with Crippen LogP contribution in [0.4, 0.5) is 5.69 Å². The van der Waals surface area contributed by atoms with Crippen molar-refractivity contribution in [3.63, 3.8) is 0 Å². The average Bonchev–Trinajstić information content (AvgIpc) is 2.21. The Balaban J connectivity index is 3.04. The molecule has 84 valence electrons. The predicted molar refractivity (Wildman–Crippen MR) is 61.3 cm³/mol. The first-order chi connectivity index (χ1) is 6.98. The lowest BCUT2D eigenvalue weighted by atomic mass is 10.3. The number of hydrogen-bond donors (Lipinski definition) is 1. The van der Waals surface area contributed by atoms with Crippen molar-refractivity contribution in [2.45, 2.75) is 0 Å². The highest BCUT2D eigenvalue weighted by atomic mass is 35.5. The first-order valence-electron chi connectivity index (χ1n) is 3.88. The summed E-state index contributed by atoms with van der Waals surface area (Å²) < 4.78 is 29.5. The van der Waals surface area contributed by atoms with Gasteiger partial charge in [0, 0.05) is 6.07 Å². The van der Waals surface area contributed by atoms with Gasteiger partial charge in [0.15, 0.2) is 0 Å². The van der Waals surface area contributed by atoms with Gasteiger partial charge in [0.2, 0.25) is 10.0 Å². The van der Waals surface area contributed by atoms with Gasteiger partial charge >= 0.3 is 0 Å². The SMILES string of the molecule is COc1ccc(Cl)c(NS(=O)(=O)CCl)c1. The summed E-state index contributed by atoms with van der Waals surface area (Å²) in [5.74, 6) is 0.506. The van der Waals surface area contributed by atoms with Gasteiger partial charge in [0.25, 0.3) is 0 Å². The molecule has 0 aromatic heterocycles. The lowest BCUT2D eigenvalue weighted by Crippen LogP contribution is -2.13. The van der Waals surface area contributed by atoms with Gasteiger partial charge in [0.05, 0.1) is 17.8 Å². The van der Waals surface area contributed by atoms with Crippen LogP contribution in [0.5, 0.6) is 5.75 Å². The van der Waals surface area contributed by atoms with Crippen molar-refractivity contribution in [1.82, 2.24) is 0 Å². The molecular weight excluding hydrogens is 261 g/mol. The van der Waals surface area contributed by atoms with E-state index in [2.05, 4.69) is 4.72 Å². The number of sulfonamides is 1. The Labute approximate surface area is 98.2 Å². The van der Waals surface area contributed by atoms with Crippen LogP contribution in [0.1, 0.15) is 0 Å². The molecule has 1 aromatic carbocycles. The summed E-state index contributed by atoms with van der Waals surface area (Å²) in [5, 5.41) is -0.245. The van der Waals surface area contributed by atoms with Gasteiger partial charge < -0.3 is 4.74 Å². The Morgan fingerprint density at radius 3 is 2.67 bits per heavy atom. The molecule has 0 unspecified atom stereocenters. The third-order valence-corrected chi connectivity index (χ3v) is 3.59. The molecule has 0 bridgehead atoms. The van der Waals surface area contributed by atoms with Crippen LogP contribution in [0.25, 0.3) is 0 Å². The van der Waals surface area contributed by atoms with Crippen molar-refractivity contribution < 1.29 is 13.2 Å². The van der Waals surface area contributed by atoms with Crippen LogP contribution in [0.3, 0.4) is 0 Å². The van der Waals surface area contributed by atoms with E-state index in [1.807, 2.05) is 0 Å². The molecule has 0 saturated heterocycles. The summed E-state index contributed by atoms with van der Waals surface area (Å²) in [6.07, 6.45) is 0. The minimum atomic E-state index is -3.54. The Morgan fingerprint density at radius 1 is 1.47 bits per heavy atom. The molecule has 0 aliphatic carbocycles. The van der Waals surface area contributed by atoms with E-state index in [0.717, 1.165) is 0 Å². The summed E-state index contributed by atoms with van der Waals surface area (Å²) in [4.78, 5) is 0. The van der Waals surface area contributed by atoms with E-state index in [-0.39, 0.29) is 10.7 Å². The van der Waals surface area contributed by atoms with Crippen LogP contribution in [0.15, 0.2) is 18.2 Å². The average molecular weight is 270 g/mol. The quantitative estimate of drug-likeness (QED) is 0.854. The largest absolute Gasteiger partial charge is 0.497 e. The predicted octanol–water partition coefficient (Wildman–Crippen LogP) is 2.29. The number of benzene rings is 1. The van der Waals surface area contributed by atoms with E-state index < -0.39 is 15.2 Å². The topological polar surface area (TPSA) is 55.4 Å². The number of methoxy groups -OCH3 is 1. The van der Waals surface area contributed by atoms with Crippen LogP contribution >= 0.6 is 23.2 Å². The number of rotatable bonds is 4. The van der Waals surface area contributed by atoms with Crippen LogP contribution in [0, 0.1) is 0 Å². The fraction of sp³-hybridized carbons (Fsp3) is 0.250. The summed E-state index contributed by atoms with van der Waals surface area (Å²) >= 11 is 11.0. The molecule has 0 spiro atoms. The Bertz CT molecular complexity index is 447. The second kappa shape index (κ2) is 4.92. The number of alkyl halides is 1. The maximum atomic E-state index is 11.2. The van der Waals surface area contributed by atoms with E-state index in [0.29, 0.717) is 5.75 Å². The first-order valence-corrected chi connectivity index (χ1v) is 6.45. The maximum absolute atomic E-state index is 11.2. The Hall–Kier alpha value is -0.650. The number of hydrogen-bond acceptors (Lipinski definition) is 3. The second-order valence-electron chi connectivity index (χ2n) is 2.67. The first kappa shape index (κ1) is 12.4. The summed E-state index contributed by atoms with van der Waals surface area (Å²) in [6.45, 7) is 0. The molecule has 7 heteroatoms. The van der Waals surface area contributed by atoms with Gasteiger partial charge in [0.1, 0.15) is 11.0 Å². The van der Waals surface area contributed by atoms with Crippen molar-refractivity contribution >= 4 is 38.9 Å². The second-order valence-corrected chi connectivity index (χ2v) is 5.39. The standard InChI is InChI=1S/C8H9Cl2NO3S/c1-14-6-2-3-7(10)8(4-6)11-15(12,13)5-9/h2-4,11H,5H2,1H3. The maximum Gasteiger partial charge on any atom is 0.246 e. The molecule has 0 saturated carbocycles. The molecule has 0 heterocycles. The number of ether oxygens (including phenoxy) is 1. The van der Waals surface area contributed by atoms with Crippen molar-refractivity contribution in [1.29, 1.82) is 0 Å². The normalized spacial score (nSPS) is 11.1. The lowest BCUT2D eigenvalue weighted by molar-refractivity contribution is 0.415. The molecule has 0 aliphatic heterocycles. The third kappa shape index (κ3) is 3.44. The molecule has 0 fully saturated rings. The monoisotopic (exact) mass is 269 g/mol. The van der Waals surface area contributed by atoms with Crippen LogP contribution in [0.2, 0.25) is 5.02 Å². The van der Waals surface area contributed by atoms with Crippen molar-refractivity contribution in [3.8, 4) is 5.75 Å². The molecule has 1 aromatic rings. The summed E-state index contributed by atoms with van der Waals surface area (Å²) in [7, 11) is -2.07. The summed E-state index contributed by atoms with van der Waals surface area (Å²) in [5.41, 5.74) is 0.247. The zero-order valence-corrected chi connectivity index (χ0v) is 10.2. The van der Waals surface area contributed by atoms with E-state index in [9.17, 15) is 8.42 Å². The van der Waals surface area contributed by atoms with Gasteiger partial charge in [-0.2, -0.15) is 0 Å². The summed E-state index contributed by atoms with van der Waals surface area (Å²) in [6, 6.07) is 4.64. The highest BCUT2D eigenvalue weighted by Gasteiger charge is 2.11. The van der Waals surface area contributed by atoms with Gasteiger partial charge in [-0.3, -0.25) is 4.72 Å². The zero-order valence-electron chi connectivity index (χ0n) is 7.83. The smallest absolute Gasteiger partial charge is 0.246 e. The van der Waals surface area contributed by atoms with E-state index in [1.54, 1.807) is 6.07 Å². The molecule has 0 radical (unpaired) electrons. The fourth-order valence-electron chi connectivity index (χ4n) is 0.904. The molecule has 1 N–H and O–H groups in total. The number of nitrogens with one attached hydrogen (secondary N) is 1. The lowest BCUT2D eigenvalue weighted by Gasteiger charge is -2.08. The van der Waals surface area contributed by atoms with Crippen molar-refractivity contribution in [2.75, 3.05) is 17.0 Å². The molecule has 4 nitrogen and oxygen atoms in total. The minimum absolute atomic E-state index is 0.247. The molecule has 0 aliphatic rings. The number of halogens is 2. The zero-order chi connectivity index (χ0) is 11.5. The van der Waals surface area contributed by atoms with Crippen LogP contribution in [-0.4, -0.2) is 20.7 Å². The third-order valence-electron chi connectivity index (χ3n) is 1.58. The van der Waals surface area contributed by atoms with Gasteiger partial charge in [-0.25, -0.2) is 8.42 Å². The molecule has 0 atom stereocenters. The highest BCUT2D eigenvalue weighted by molar-refractivity contribution is 7.93. The van der Waals surface area contributed by atoms with Gasteiger partial charge in [-0.05, 0) is 12.1 Å². The molecular formula is C8H9Cl2NO3S. The van der Waals surface area contributed by atoms with E-state index >= 15 is 0 Å². The minimum Gasteiger partial charge on any atom is -0.497 e. The van der Waals surface area contributed by atoms with Gasteiger partial charge in [-0.15, -0.1) is 11.6 Å². The van der Waals surface area contributed by atoms with Gasteiger partial charge in [-0.1, -0.05) is 11.6 Å². The molecule has 1 rings (SSSR count). The van der Waals surface area contributed by atoms with E-state index in [1.165, 1.54) is 19.2 Å². The van der Waals surface area contributed by atoms with Crippen LogP contribution < -0.4 is 9.46 Å². The van der Waals surface area contributed by atoms with Crippen molar-refractivity contribution in [3.05, 3.63) is 23.2 Å². The number of anilines is 1. The van der Waals surface area contributed by atoms with Crippen molar-refractivity contribution in [2.24, 2.45) is 0 Å². The Kier molecular flexibility index (Phi) is 4.07. The van der Waals surface area contributed by atoms with E-state index in [4.69, 9.17) is 27.9 Å². The molecule has 15 heavy (non-hydrogen) atoms. The highest BCUT2D eigenvalue weighted by Crippen LogP contribution is 2.27. The molecule has 0 amide bonds. The fourth-order valence-corrected chi connectivity index (χ4v) is 1.85. The van der Waals surface area contributed by atoms with Crippen LogP contribution in [-0.2, 0) is 10.0 Å². The Morgan fingerprint density at radius 2 is 2.13 bits per heavy atom.